The quantitative estimate of drug-likeness (QED) is 0.803. The van der Waals surface area contributed by atoms with Crippen LogP contribution in [0.5, 0.6) is 0 Å². The molecule has 1 saturated carbocycles. The van der Waals surface area contributed by atoms with Gasteiger partial charge in [0.1, 0.15) is 0 Å². The van der Waals surface area contributed by atoms with Gasteiger partial charge in [-0.05, 0) is 30.4 Å². The van der Waals surface area contributed by atoms with E-state index in [9.17, 15) is 9.59 Å². The zero-order valence-corrected chi connectivity index (χ0v) is 16.5. The van der Waals surface area contributed by atoms with E-state index in [0.29, 0.717) is 25.7 Å². The topological polar surface area (TPSA) is 55.9 Å². The Morgan fingerprint density at radius 1 is 0.929 bits per heavy atom. The standard InChI is InChI=1S/C22H30N4O2/c27-21(23-20-6-7-20)16-24-12-14-25(15-13-24)17-22(28)26-10-8-19(9-11-26)18-4-2-1-3-5-18/h1-5,8,20H,6-7,9-17H2,(H,23,27). The summed E-state index contributed by atoms with van der Waals surface area (Å²) in [6, 6.07) is 10.8. The fourth-order valence-electron chi connectivity index (χ4n) is 3.91. The van der Waals surface area contributed by atoms with Crippen LogP contribution >= 0.6 is 0 Å². The molecule has 1 N–H and O–H groups in total. The Balaban J connectivity index is 1.19. The normalized spacial score (nSPS) is 21.3. The second-order valence-corrected chi connectivity index (χ2v) is 8.08. The second-order valence-electron chi connectivity index (χ2n) is 8.08. The average Bonchev–Trinajstić information content (AvgIpc) is 3.54. The van der Waals surface area contributed by atoms with Gasteiger partial charge in [0, 0.05) is 45.3 Å². The predicted molar refractivity (Wildman–Crippen MR) is 110 cm³/mol. The molecule has 0 unspecified atom stereocenters. The Hall–Kier alpha value is -2.18. The lowest BCUT2D eigenvalue weighted by Gasteiger charge is -2.35. The van der Waals surface area contributed by atoms with Crippen LogP contribution in [0.4, 0.5) is 0 Å². The van der Waals surface area contributed by atoms with Gasteiger partial charge in [0.2, 0.25) is 11.8 Å². The molecule has 0 atom stereocenters. The van der Waals surface area contributed by atoms with Crippen molar-refractivity contribution in [1.82, 2.24) is 20.0 Å². The lowest BCUT2D eigenvalue weighted by Crippen LogP contribution is -2.52. The second kappa shape index (κ2) is 8.88. The smallest absolute Gasteiger partial charge is 0.237 e. The predicted octanol–water partition coefficient (Wildman–Crippen LogP) is 1.20. The van der Waals surface area contributed by atoms with Crippen LogP contribution in [-0.4, -0.2) is 84.9 Å². The summed E-state index contributed by atoms with van der Waals surface area (Å²) in [5.41, 5.74) is 2.60. The summed E-state index contributed by atoms with van der Waals surface area (Å²) in [6.45, 7) is 5.86. The van der Waals surface area contributed by atoms with E-state index >= 15 is 0 Å². The van der Waals surface area contributed by atoms with Crippen LogP contribution in [0.3, 0.4) is 0 Å². The maximum atomic E-state index is 12.7. The number of hydrogen-bond donors (Lipinski definition) is 1. The average molecular weight is 383 g/mol. The number of carbonyl (C=O) groups excluding carboxylic acids is 2. The van der Waals surface area contributed by atoms with Crippen LogP contribution in [0.25, 0.3) is 5.57 Å². The van der Waals surface area contributed by atoms with Gasteiger partial charge in [0.15, 0.2) is 0 Å². The molecule has 150 valence electrons. The third-order valence-corrected chi connectivity index (χ3v) is 5.84. The molecule has 0 bridgehead atoms. The maximum Gasteiger partial charge on any atom is 0.237 e. The maximum absolute atomic E-state index is 12.7. The summed E-state index contributed by atoms with van der Waals surface area (Å²) in [5, 5.41) is 3.04. The van der Waals surface area contributed by atoms with Gasteiger partial charge in [0.25, 0.3) is 0 Å². The molecule has 1 aromatic carbocycles. The lowest BCUT2D eigenvalue weighted by atomic mass is 9.99. The molecule has 2 heterocycles. The van der Waals surface area contributed by atoms with E-state index in [0.717, 1.165) is 52.0 Å². The van der Waals surface area contributed by atoms with Crippen molar-refractivity contribution in [3.63, 3.8) is 0 Å². The van der Waals surface area contributed by atoms with Crippen LogP contribution in [0, 0.1) is 0 Å². The minimum Gasteiger partial charge on any atom is -0.352 e. The Morgan fingerprint density at radius 3 is 2.21 bits per heavy atom. The highest BCUT2D eigenvalue weighted by atomic mass is 16.2. The van der Waals surface area contributed by atoms with E-state index < -0.39 is 0 Å². The Bertz CT molecular complexity index is 721. The van der Waals surface area contributed by atoms with Crippen molar-refractivity contribution in [2.45, 2.75) is 25.3 Å². The molecule has 0 radical (unpaired) electrons. The summed E-state index contributed by atoms with van der Waals surface area (Å²) < 4.78 is 0. The number of benzene rings is 1. The molecule has 1 aliphatic carbocycles. The molecular formula is C22H30N4O2. The van der Waals surface area contributed by atoms with Crippen LogP contribution < -0.4 is 5.32 Å². The highest BCUT2D eigenvalue weighted by Crippen LogP contribution is 2.22. The van der Waals surface area contributed by atoms with Gasteiger partial charge in [-0.2, -0.15) is 0 Å². The SMILES string of the molecule is O=C(CN1CCN(CC(=O)N2CC=C(c3ccccc3)CC2)CC1)NC1CC1. The molecule has 2 amide bonds. The monoisotopic (exact) mass is 382 g/mol. The zero-order chi connectivity index (χ0) is 19.3. The van der Waals surface area contributed by atoms with Gasteiger partial charge in [0.05, 0.1) is 13.1 Å². The molecule has 1 aromatic rings. The van der Waals surface area contributed by atoms with Crippen LogP contribution in [0.15, 0.2) is 36.4 Å². The minimum atomic E-state index is 0.140. The summed E-state index contributed by atoms with van der Waals surface area (Å²) in [7, 11) is 0. The highest BCUT2D eigenvalue weighted by molar-refractivity contribution is 5.80. The number of amides is 2. The Labute approximate surface area is 167 Å². The van der Waals surface area contributed by atoms with E-state index in [-0.39, 0.29) is 11.8 Å². The fourth-order valence-corrected chi connectivity index (χ4v) is 3.91. The third-order valence-electron chi connectivity index (χ3n) is 5.84. The number of nitrogens with zero attached hydrogens (tertiary/aromatic N) is 3. The van der Waals surface area contributed by atoms with E-state index in [2.05, 4.69) is 45.5 Å². The van der Waals surface area contributed by atoms with Crippen molar-refractivity contribution in [2.24, 2.45) is 0 Å². The van der Waals surface area contributed by atoms with Crippen LogP contribution in [0.1, 0.15) is 24.8 Å². The number of rotatable bonds is 6. The summed E-state index contributed by atoms with van der Waals surface area (Å²) in [5.74, 6) is 0.352. The van der Waals surface area contributed by atoms with Crippen molar-refractivity contribution in [3.8, 4) is 0 Å². The first-order chi connectivity index (χ1) is 13.7. The van der Waals surface area contributed by atoms with Gasteiger partial charge in [-0.1, -0.05) is 36.4 Å². The molecule has 2 aliphatic heterocycles. The zero-order valence-electron chi connectivity index (χ0n) is 16.5. The summed E-state index contributed by atoms with van der Waals surface area (Å²) in [4.78, 5) is 31.0. The van der Waals surface area contributed by atoms with E-state index in [1.807, 2.05) is 11.0 Å². The van der Waals surface area contributed by atoms with Gasteiger partial charge in [-0.15, -0.1) is 0 Å². The molecule has 6 heteroatoms. The number of nitrogens with one attached hydrogen (secondary N) is 1. The Kier molecular flexibility index (Phi) is 6.07. The largest absolute Gasteiger partial charge is 0.352 e. The molecule has 2 fully saturated rings. The Morgan fingerprint density at radius 2 is 1.61 bits per heavy atom. The van der Waals surface area contributed by atoms with E-state index in [4.69, 9.17) is 0 Å². The van der Waals surface area contributed by atoms with Crippen molar-refractivity contribution in [2.75, 3.05) is 52.4 Å². The van der Waals surface area contributed by atoms with Crippen LogP contribution in [-0.2, 0) is 9.59 Å². The fraction of sp³-hybridized carbons (Fsp3) is 0.545. The van der Waals surface area contributed by atoms with Gasteiger partial charge in [-0.3, -0.25) is 19.4 Å². The van der Waals surface area contributed by atoms with Gasteiger partial charge >= 0.3 is 0 Å². The summed E-state index contributed by atoms with van der Waals surface area (Å²) in [6.07, 6.45) is 5.35. The van der Waals surface area contributed by atoms with E-state index in [1.54, 1.807) is 0 Å². The highest BCUT2D eigenvalue weighted by Gasteiger charge is 2.26. The molecule has 1 saturated heterocycles. The lowest BCUT2D eigenvalue weighted by molar-refractivity contribution is -0.133. The molecular weight excluding hydrogens is 352 g/mol. The number of hydrogen-bond acceptors (Lipinski definition) is 4. The first-order valence-corrected chi connectivity index (χ1v) is 10.4. The molecule has 3 aliphatic rings. The number of carbonyl (C=O) groups is 2. The molecule has 4 rings (SSSR count). The molecule has 6 nitrogen and oxygen atoms in total. The van der Waals surface area contributed by atoms with Crippen molar-refractivity contribution in [1.29, 1.82) is 0 Å². The molecule has 0 spiro atoms. The minimum absolute atomic E-state index is 0.140. The van der Waals surface area contributed by atoms with Crippen molar-refractivity contribution >= 4 is 17.4 Å². The first kappa shape index (κ1) is 19.2. The summed E-state index contributed by atoms with van der Waals surface area (Å²) >= 11 is 0. The van der Waals surface area contributed by atoms with Crippen molar-refractivity contribution < 1.29 is 9.59 Å². The third kappa shape index (κ3) is 5.20. The van der Waals surface area contributed by atoms with Crippen LogP contribution in [0.2, 0.25) is 0 Å². The van der Waals surface area contributed by atoms with Gasteiger partial charge < -0.3 is 10.2 Å². The van der Waals surface area contributed by atoms with E-state index in [1.165, 1.54) is 11.1 Å². The first-order valence-electron chi connectivity index (χ1n) is 10.4. The number of piperazine rings is 1. The van der Waals surface area contributed by atoms with Crippen molar-refractivity contribution in [3.05, 3.63) is 42.0 Å². The van der Waals surface area contributed by atoms with Gasteiger partial charge in [-0.25, -0.2) is 0 Å². The molecule has 0 aromatic heterocycles. The molecule has 28 heavy (non-hydrogen) atoms.